The van der Waals surface area contributed by atoms with E-state index < -0.39 is 0 Å². The van der Waals surface area contributed by atoms with Crippen LogP contribution >= 0.6 is 0 Å². The third kappa shape index (κ3) is 1.84. The van der Waals surface area contributed by atoms with Crippen molar-refractivity contribution in [2.45, 2.75) is 13.0 Å². The Hall–Kier alpha value is -1.32. The number of hydrogen-bond acceptors (Lipinski definition) is 3. The highest BCUT2D eigenvalue weighted by Crippen LogP contribution is 2.28. The second kappa shape index (κ2) is 4.68. The maximum Gasteiger partial charge on any atom is 0.134 e. The average Bonchev–Trinajstić information content (AvgIpc) is 2.74. The Balaban J connectivity index is 2.45. The number of rotatable bonds is 4. The van der Waals surface area contributed by atoms with Gasteiger partial charge in [0.15, 0.2) is 0 Å². The number of likely N-dealkylation sites (N-methyl/N-ethyl adjacent to an activating group) is 1. The number of benzene rings is 1. The van der Waals surface area contributed by atoms with Crippen molar-refractivity contribution in [2.24, 2.45) is 5.73 Å². The molecule has 2 rings (SSSR count). The normalized spacial score (nSPS) is 13.5. The fourth-order valence-corrected chi connectivity index (χ4v) is 2.02. The number of nitrogens with zero attached hydrogens (tertiary/aromatic N) is 1. The number of hydrogen-bond donors (Lipinski definition) is 1. The van der Waals surface area contributed by atoms with Crippen LogP contribution in [0.1, 0.15) is 18.5 Å². The number of furan rings is 1. The third-order valence-electron chi connectivity index (χ3n) is 3.12. The van der Waals surface area contributed by atoms with Crippen molar-refractivity contribution >= 4 is 11.0 Å². The van der Waals surface area contributed by atoms with Gasteiger partial charge in [-0.3, -0.25) is 4.90 Å². The van der Waals surface area contributed by atoms with E-state index in [2.05, 4.69) is 24.9 Å². The molecule has 1 aromatic carbocycles. The molecule has 0 saturated heterocycles. The smallest absolute Gasteiger partial charge is 0.134 e. The Labute approximate surface area is 95.8 Å². The van der Waals surface area contributed by atoms with Crippen molar-refractivity contribution in [2.75, 3.05) is 20.1 Å². The lowest BCUT2D eigenvalue weighted by Gasteiger charge is -2.24. The van der Waals surface area contributed by atoms with Crippen LogP contribution in [0.3, 0.4) is 0 Å². The first kappa shape index (κ1) is 11.2. The standard InChI is InChI=1S/C13H18N2O/c1-3-15(2)12(8-14)11-9-16-13-7-5-4-6-10(11)13/h4-7,9,12H,3,8,14H2,1-2H3. The minimum atomic E-state index is 0.230. The highest BCUT2D eigenvalue weighted by molar-refractivity contribution is 5.81. The second-order valence-corrected chi connectivity index (χ2v) is 4.01. The molecule has 3 nitrogen and oxygen atoms in total. The summed E-state index contributed by atoms with van der Waals surface area (Å²) < 4.78 is 5.54. The van der Waals surface area contributed by atoms with Crippen LogP contribution in [-0.4, -0.2) is 25.0 Å². The van der Waals surface area contributed by atoms with Crippen LogP contribution in [0.25, 0.3) is 11.0 Å². The molecule has 0 aliphatic carbocycles. The van der Waals surface area contributed by atoms with Crippen LogP contribution in [0.15, 0.2) is 34.9 Å². The highest BCUT2D eigenvalue weighted by atomic mass is 16.3. The first-order chi connectivity index (χ1) is 7.77. The number of para-hydroxylation sites is 1. The molecule has 2 aromatic rings. The van der Waals surface area contributed by atoms with E-state index in [4.69, 9.17) is 10.2 Å². The summed E-state index contributed by atoms with van der Waals surface area (Å²) in [4.78, 5) is 2.23. The van der Waals surface area contributed by atoms with Crippen molar-refractivity contribution in [3.63, 3.8) is 0 Å². The zero-order valence-electron chi connectivity index (χ0n) is 9.81. The highest BCUT2D eigenvalue weighted by Gasteiger charge is 2.18. The van der Waals surface area contributed by atoms with Crippen molar-refractivity contribution in [3.8, 4) is 0 Å². The fraction of sp³-hybridized carbons (Fsp3) is 0.385. The van der Waals surface area contributed by atoms with E-state index in [0.717, 1.165) is 12.1 Å². The molecule has 16 heavy (non-hydrogen) atoms. The second-order valence-electron chi connectivity index (χ2n) is 4.01. The van der Waals surface area contributed by atoms with Crippen LogP contribution in [0, 0.1) is 0 Å². The molecular weight excluding hydrogens is 200 g/mol. The van der Waals surface area contributed by atoms with Crippen LogP contribution in [-0.2, 0) is 0 Å². The van der Waals surface area contributed by atoms with Gasteiger partial charge in [0, 0.05) is 17.5 Å². The SMILES string of the molecule is CCN(C)C(CN)c1coc2ccccc12. The molecule has 1 unspecified atom stereocenters. The molecule has 0 aliphatic heterocycles. The predicted octanol–water partition coefficient (Wildman–Crippen LogP) is 2.38. The number of nitrogens with two attached hydrogens (primary N) is 1. The molecule has 1 atom stereocenters. The van der Waals surface area contributed by atoms with Crippen molar-refractivity contribution in [3.05, 3.63) is 36.1 Å². The first-order valence-corrected chi connectivity index (χ1v) is 5.64. The van der Waals surface area contributed by atoms with E-state index in [1.165, 1.54) is 10.9 Å². The van der Waals surface area contributed by atoms with Gasteiger partial charge in [0.2, 0.25) is 0 Å². The van der Waals surface area contributed by atoms with Crippen LogP contribution < -0.4 is 5.73 Å². The zero-order chi connectivity index (χ0) is 11.5. The lowest BCUT2D eigenvalue weighted by Crippen LogP contribution is -2.30. The minimum absolute atomic E-state index is 0.230. The summed E-state index contributed by atoms with van der Waals surface area (Å²) in [5, 5.41) is 1.17. The molecule has 0 saturated carbocycles. The maximum atomic E-state index is 5.85. The summed E-state index contributed by atoms with van der Waals surface area (Å²) in [5.41, 5.74) is 7.96. The van der Waals surface area contributed by atoms with Crippen LogP contribution in [0.2, 0.25) is 0 Å². The maximum absolute atomic E-state index is 5.85. The van der Waals surface area contributed by atoms with Gasteiger partial charge in [0.1, 0.15) is 5.58 Å². The fourth-order valence-electron chi connectivity index (χ4n) is 2.02. The summed E-state index contributed by atoms with van der Waals surface area (Å²) in [7, 11) is 2.08. The lowest BCUT2D eigenvalue weighted by molar-refractivity contribution is 0.263. The molecule has 86 valence electrons. The minimum Gasteiger partial charge on any atom is -0.464 e. The molecule has 3 heteroatoms. The summed E-state index contributed by atoms with van der Waals surface area (Å²) in [6.45, 7) is 3.71. The van der Waals surface area contributed by atoms with Gasteiger partial charge in [-0.15, -0.1) is 0 Å². The van der Waals surface area contributed by atoms with Gasteiger partial charge < -0.3 is 10.2 Å². The zero-order valence-corrected chi connectivity index (χ0v) is 9.81. The molecule has 0 aliphatic rings. The van der Waals surface area contributed by atoms with E-state index >= 15 is 0 Å². The Morgan fingerprint density at radius 2 is 2.12 bits per heavy atom. The van der Waals surface area contributed by atoms with E-state index in [1.807, 2.05) is 24.5 Å². The van der Waals surface area contributed by atoms with E-state index in [9.17, 15) is 0 Å². The Morgan fingerprint density at radius 3 is 2.81 bits per heavy atom. The van der Waals surface area contributed by atoms with Crippen LogP contribution in [0.4, 0.5) is 0 Å². The Morgan fingerprint density at radius 1 is 1.38 bits per heavy atom. The summed E-state index contributed by atoms with van der Waals surface area (Å²) in [5.74, 6) is 0. The average molecular weight is 218 g/mol. The molecule has 0 radical (unpaired) electrons. The number of fused-ring (bicyclic) bond motifs is 1. The van der Waals surface area contributed by atoms with Gasteiger partial charge in [-0.2, -0.15) is 0 Å². The van der Waals surface area contributed by atoms with Crippen molar-refractivity contribution in [1.29, 1.82) is 0 Å². The molecule has 0 fully saturated rings. The van der Waals surface area contributed by atoms with Gasteiger partial charge in [0.25, 0.3) is 0 Å². The van der Waals surface area contributed by atoms with E-state index in [-0.39, 0.29) is 6.04 Å². The molecule has 0 spiro atoms. The predicted molar refractivity (Wildman–Crippen MR) is 66.3 cm³/mol. The Bertz CT molecular complexity index is 464. The summed E-state index contributed by atoms with van der Waals surface area (Å²) in [6, 6.07) is 8.31. The molecule has 1 heterocycles. The third-order valence-corrected chi connectivity index (χ3v) is 3.12. The van der Waals surface area contributed by atoms with Gasteiger partial charge in [-0.05, 0) is 19.7 Å². The van der Waals surface area contributed by atoms with Gasteiger partial charge >= 0.3 is 0 Å². The van der Waals surface area contributed by atoms with Crippen molar-refractivity contribution < 1.29 is 4.42 Å². The van der Waals surface area contributed by atoms with E-state index in [1.54, 1.807) is 0 Å². The summed E-state index contributed by atoms with van der Waals surface area (Å²) in [6.07, 6.45) is 1.83. The molecule has 0 amide bonds. The largest absolute Gasteiger partial charge is 0.464 e. The van der Waals surface area contributed by atoms with Gasteiger partial charge in [-0.25, -0.2) is 0 Å². The lowest BCUT2D eigenvalue weighted by atomic mass is 10.0. The first-order valence-electron chi connectivity index (χ1n) is 5.64. The van der Waals surface area contributed by atoms with Gasteiger partial charge in [0.05, 0.1) is 12.3 Å². The summed E-state index contributed by atoms with van der Waals surface area (Å²) >= 11 is 0. The Kier molecular flexibility index (Phi) is 3.27. The molecular formula is C13H18N2O. The molecule has 0 bridgehead atoms. The van der Waals surface area contributed by atoms with Crippen molar-refractivity contribution in [1.82, 2.24) is 4.90 Å². The monoisotopic (exact) mass is 218 g/mol. The van der Waals surface area contributed by atoms with Gasteiger partial charge in [-0.1, -0.05) is 25.1 Å². The van der Waals surface area contributed by atoms with Crippen LogP contribution in [0.5, 0.6) is 0 Å². The molecule has 1 aromatic heterocycles. The quantitative estimate of drug-likeness (QED) is 0.856. The molecule has 2 N–H and O–H groups in total. The topological polar surface area (TPSA) is 42.4 Å². The van der Waals surface area contributed by atoms with E-state index in [0.29, 0.717) is 6.54 Å².